The van der Waals surface area contributed by atoms with Crippen molar-refractivity contribution in [3.8, 4) is 16.3 Å². The normalized spacial score (nSPS) is 25.2. The second-order valence-electron chi connectivity index (χ2n) is 16.0. The monoisotopic (exact) mass is 807 g/mol. The quantitative estimate of drug-likeness (QED) is 0.127. The number of phenols is 1. The van der Waals surface area contributed by atoms with E-state index in [1.54, 1.807) is 65.5 Å². The van der Waals surface area contributed by atoms with Crippen LogP contribution < -0.4 is 15.1 Å². The Hall–Kier alpha value is -6.04. The average Bonchev–Trinajstić information content (AvgIpc) is 3.89. The molecule has 2 aromatic heterocycles. The third-order valence-electron chi connectivity index (χ3n) is 12.9. The van der Waals surface area contributed by atoms with Gasteiger partial charge in [0, 0.05) is 45.7 Å². The standard InChI is InChI=1S/C46H38ClN5O5S/c1-24-32-21-25(47)13-20-37(32)58-41(24)35-23-38(50(3)49-35)52-43(55)34-22-33-29(40(46(34,2)45(52)57)30-11-7-8-12-36(30)53)18-19-31-39(33)44(56)51(42(31)54)28-16-14-27(15-17-28)48-26-9-5-4-6-10-26/h4-18,20-21,23,31,33-34,39-40,48,53H,19,22H2,1-3H3. The van der Waals surface area contributed by atoms with Gasteiger partial charge in [-0.1, -0.05) is 59.6 Å². The second-order valence-corrected chi connectivity index (χ2v) is 17.5. The number of nitrogens with zero attached hydrogens (tertiary/aromatic N) is 4. The van der Waals surface area contributed by atoms with Gasteiger partial charge in [-0.25, -0.2) is 4.90 Å². The molecule has 4 amide bonds. The number of thiophene rings is 1. The van der Waals surface area contributed by atoms with Gasteiger partial charge in [-0.2, -0.15) is 5.10 Å². The minimum absolute atomic E-state index is 0.00217. The van der Waals surface area contributed by atoms with Crippen molar-refractivity contribution < 1.29 is 24.3 Å². The fourth-order valence-electron chi connectivity index (χ4n) is 10.2. The van der Waals surface area contributed by atoms with Crippen LogP contribution in [0.15, 0.2) is 115 Å². The van der Waals surface area contributed by atoms with E-state index in [1.807, 2.05) is 80.6 Å². The topological polar surface area (TPSA) is 125 Å². The van der Waals surface area contributed by atoms with Gasteiger partial charge in [-0.15, -0.1) is 11.3 Å². The molecule has 4 aliphatic rings. The smallest absolute Gasteiger partial charge is 0.242 e. The number of imide groups is 2. The minimum Gasteiger partial charge on any atom is -0.508 e. The highest BCUT2D eigenvalue weighted by Crippen LogP contribution is 2.64. The zero-order valence-electron chi connectivity index (χ0n) is 31.8. The zero-order valence-corrected chi connectivity index (χ0v) is 33.4. The number of hydrogen-bond donors (Lipinski definition) is 2. The number of allylic oxidation sites excluding steroid dienone is 2. The van der Waals surface area contributed by atoms with E-state index in [0.29, 0.717) is 34.2 Å². The first-order valence-electron chi connectivity index (χ1n) is 19.3. The van der Waals surface area contributed by atoms with Gasteiger partial charge in [-0.05, 0) is 104 Å². The van der Waals surface area contributed by atoms with Crippen molar-refractivity contribution in [3.63, 3.8) is 0 Å². The molecule has 6 aromatic rings. The number of carbonyl (C=O) groups excluding carboxylic acids is 4. The summed E-state index contributed by atoms with van der Waals surface area (Å²) in [4.78, 5) is 62.3. The lowest BCUT2D eigenvalue weighted by Crippen LogP contribution is -2.49. The van der Waals surface area contributed by atoms with E-state index < -0.39 is 46.8 Å². The molecule has 2 saturated heterocycles. The fraction of sp³-hybridized carbons (Fsp3) is 0.239. The molecule has 1 saturated carbocycles. The number of amides is 4. The Morgan fingerprint density at radius 3 is 2.33 bits per heavy atom. The predicted molar refractivity (Wildman–Crippen MR) is 225 cm³/mol. The number of fused-ring (bicyclic) bond motifs is 5. The number of rotatable bonds is 6. The molecule has 58 heavy (non-hydrogen) atoms. The highest BCUT2D eigenvalue weighted by Gasteiger charge is 2.68. The number of halogens is 1. The molecule has 6 atom stereocenters. The van der Waals surface area contributed by atoms with Gasteiger partial charge in [0.25, 0.3) is 0 Å². The van der Waals surface area contributed by atoms with Gasteiger partial charge in [-0.3, -0.25) is 28.8 Å². The Labute approximate surface area is 343 Å². The third-order valence-corrected chi connectivity index (χ3v) is 14.5. The van der Waals surface area contributed by atoms with Crippen LogP contribution in [0.4, 0.5) is 22.9 Å². The van der Waals surface area contributed by atoms with Crippen molar-refractivity contribution >= 4 is 79.5 Å². The van der Waals surface area contributed by atoms with Crippen LogP contribution in [0.2, 0.25) is 5.02 Å². The summed E-state index contributed by atoms with van der Waals surface area (Å²) in [5, 5.41) is 21.2. The summed E-state index contributed by atoms with van der Waals surface area (Å²) in [6.45, 7) is 3.82. The van der Waals surface area contributed by atoms with Gasteiger partial charge in [0.2, 0.25) is 23.6 Å². The van der Waals surface area contributed by atoms with E-state index in [1.165, 1.54) is 9.80 Å². The number of anilines is 4. The number of aromatic hydroxyl groups is 1. The van der Waals surface area contributed by atoms with Crippen molar-refractivity contribution in [1.29, 1.82) is 0 Å². The average molecular weight is 808 g/mol. The number of benzene rings is 4. The SMILES string of the molecule is Cc1c(-c2cc(N3C(=O)C4CC5C(=CCC6C(=O)N(c7ccc(Nc8ccccc8)cc7)C(=O)C65)C(c5ccccc5O)C4(C)C3=O)n(C)n2)sc2ccc(Cl)cc12. The van der Waals surface area contributed by atoms with Crippen molar-refractivity contribution in [3.05, 3.63) is 131 Å². The lowest BCUT2D eigenvalue weighted by molar-refractivity contribution is -0.131. The van der Waals surface area contributed by atoms with E-state index in [4.69, 9.17) is 16.7 Å². The van der Waals surface area contributed by atoms with Gasteiger partial charge < -0.3 is 10.4 Å². The highest BCUT2D eigenvalue weighted by molar-refractivity contribution is 7.22. The van der Waals surface area contributed by atoms with Crippen LogP contribution >= 0.6 is 22.9 Å². The largest absolute Gasteiger partial charge is 0.508 e. The molecule has 4 aromatic carbocycles. The lowest BCUT2D eigenvalue weighted by Gasteiger charge is -2.49. The number of carbonyl (C=O) groups is 4. The van der Waals surface area contributed by atoms with E-state index in [-0.39, 0.29) is 24.0 Å². The van der Waals surface area contributed by atoms with Crippen LogP contribution in [0, 0.1) is 36.0 Å². The summed E-state index contributed by atoms with van der Waals surface area (Å²) in [7, 11) is 1.72. The first-order chi connectivity index (χ1) is 27.9. The maximum absolute atomic E-state index is 15.1. The Bertz CT molecular complexity index is 2760. The molecule has 0 bridgehead atoms. The molecule has 2 N–H and O–H groups in total. The zero-order chi connectivity index (χ0) is 40.2. The molecule has 2 aliphatic heterocycles. The van der Waals surface area contributed by atoms with Crippen molar-refractivity contribution in [2.75, 3.05) is 15.1 Å². The minimum atomic E-state index is -1.31. The molecular weight excluding hydrogens is 770 g/mol. The van der Waals surface area contributed by atoms with Crippen molar-refractivity contribution in [1.82, 2.24) is 9.78 Å². The van der Waals surface area contributed by atoms with Crippen LogP contribution in [-0.4, -0.2) is 38.5 Å². The van der Waals surface area contributed by atoms with Gasteiger partial charge in [0.15, 0.2) is 0 Å². The van der Waals surface area contributed by atoms with Crippen molar-refractivity contribution in [2.24, 2.45) is 36.1 Å². The molecule has 0 radical (unpaired) electrons. The Kier molecular flexibility index (Phi) is 8.30. The summed E-state index contributed by atoms with van der Waals surface area (Å²) in [6.07, 6.45) is 2.49. The van der Waals surface area contributed by atoms with E-state index >= 15 is 4.79 Å². The molecule has 3 fully saturated rings. The Balaban J connectivity index is 1.02. The fourth-order valence-corrected chi connectivity index (χ4v) is 11.5. The third kappa shape index (κ3) is 5.26. The summed E-state index contributed by atoms with van der Waals surface area (Å²) >= 11 is 7.90. The summed E-state index contributed by atoms with van der Waals surface area (Å²) in [5.41, 5.74) is 3.83. The maximum atomic E-state index is 15.1. The second kappa shape index (κ2) is 13.3. The number of nitrogens with one attached hydrogen (secondary N) is 1. The molecule has 6 unspecified atom stereocenters. The van der Waals surface area contributed by atoms with Crippen LogP contribution in [0.1, 0.15) is 36.8 Å². The van der Waals surface area contributed by atoms with Crippen LogP contribution in [0.25, 0.3) is 20.7 Å². The molecular formula is C46H38ClN5O5S. The van der Waals surface area contributed by atoms with E-state index in [2.05, 4.69) is 5.32 Å². The number of aromatic nitrogens is 2. The summed E-state index contributed by atoms with van der Waals surface area (Å²) in [5.74, 6) is -4.52. The molecule has 290 valence electrons. The molecule has 12 heteroatoms. The lowest BCUT2D eigenvalue weighted by atomic mass is 9.51. The van der Waals surface area contributed by atoms with E-state index in [9.17, 15) is 19.5 Å². The Morgan fingerprint density at radius 1 is 0.845 bits per heavy atom. The van der Waals surface area contributed by atoms with Crippen molar-refractivity contribution in [2.45, 2.75) is 32.6 Å². The molecule has 4 heterocycles. The molecule has 10 nitrogen and oxygen atoms in total. The number of aryl methyl sites for hydroxylation is 2. The molecule has 2 aliphatic carbocycles. The van der Waals surface area contributed by atoms with Crippen LogP contribution in [-0.2, 0) is 26.2 Å². The van der Waals surface area contributed by atoms with Gasteiger partial charge in [0.1, 0.15) is 17.3 Å². The van der Waals surface area contributed by atoms with E-state index in [0.717, 1.165) is 37.5 Å². The predicted octanol–water partition coefficient (Wildman–Crippen LogP) is 9.15. The number of hydrogen-bond acceptors (Lipinski definition) is 8. The first kappa shape index (κ1) is 36.3. The molecule has 0 spiro atoms. The molecule has 10 rings (SSSR count). The van der Waals surface area contributed by atoms with Gasteiger partial charge >= 0.3 is 0 Å². The Morgan fingerprint density at radius 2 is 1.57 bits per heavy atom. The maximum Gasteiger partial charge on any atom is 0.242 e. The van der Waals surface area contributed by atoms with Crippen LogP contribution in [0.3, 0.4) is 0 Å². The van der Waals surface area contributed by atoms with Crippen LogP contribution in [0.5, 0.6) is 5.75 Å². The highest BCUT2D eigenvalue weighted by atomic mass is 35.5. The summed E-state index contributed by atoms with van der Waals surface area (Å²) < 4.78 is 2.61. The number of phenolic OH excluding ortho intramolecular Hbond substituents is 1. The van der Waals surface area contributed by atoms with Gasteiger partial charge in [0.05, 0.1) is 33.7 Å². The number of para-hydroxylation sites is 2. The first-order valence-corrected chi connectivity index (χ1v) is 20.5. The summed E-state index contributed by atoms with van der Waals surface area (Å²) in [6, 6.07) is 31.4.